The van der Waals surface area contributed by atoms with Gasteiger partial charge >= 0.3 is 0 Å². The van der Waals surface area contributed by atoms with Crippen molar-refractivity contribution in [2.45, 2.75) is 39.3 Å². The summed E-state index contributed by atoms with van der Waals surface area (Å²) >= 11 is 0. The number of hydrogen-bond donors (Lipinski definition) is 1. The van der Waals surface area contributed by atoms with Crippen LogP contribution in [0.5, 0.6) is 0 Å². The van der Waals surface area contributed by atoms with Crippen LogP contribution in [0.4, 0.5) is 4.39 Å². The van der Waals surface area contributed by atoms with E-state index in [1.807, 2.05) is 19.9 Å². The van der Waals surface area contributed by atoms with Crippen LogP contribution in [0.15, 0.2) is 24.3 Å². The fourth-order valence-corrected chi connectivity index (χ4v) is 2.74. The van der Waals surface area contributed by atoms with Crippen LogP contribution >= 0.6 is 0 Å². The van der Waals surface area contributed by atoms with E-state index in [1.165, 1.54) is 12.1 Å². The lowest BCUT2D eigenvalue weighted by Gasteiger charge is -2.40. The lowest BCUT2D eigenvalue weighted by atomic mass is 9.96. The zero-order valence-corrected chi connectivity index (χ0v) is 12.6. The smallest absolute Gasteiger partial charge is 0.245 e. The van der Waals surface area contributed by atoms with E-state index in [-0.39, 0.29) is 23.5 Å². The first-order valence-corrected chi connectivity index (χ1v) is 7.25. The Hall–Kier alpha value is -1.91. The van der Waals surface area contributed by atoms with Crippen molar-refractivity contribution in [1.82, 2.24) is 10.2 Å². The lowest BCUT2D eigenvalue weighted by molar-refractivity contribution is -0.150. The van der Waals surface area contributed by atoms with Gasteiger partial charge < -0.3 is 10.2 Å². The van der Waals surface area contributed by atoms with E-state index in [0.717, 1.165) is 5.56 Å². The van der Waals surface area contributed by atoms with Crippen molar-refractivity contribution >= 4 is 11.8 Å². The molecular weight excluding hydrogens is 271 g/mol. The van der Waals surface area contributed by atoms with Gasteiger partial charge in [0.25, 0.3) is 0 Å². The van der Waals surface area contributed by atoms with Gasteiger partial charge in [0.2, 0.25) is 11.8 Å². The Kier molecular flexibility index (Phi) is 4.60. The van der Waals surface area contributed by atoms with E-state index >= 15 is 0 Å². The van der Waals surface area contributed by atoms with Gasteiger partial charge in [0.15, 0.2) is 0 Å². The summed E-state index contributed by atoms with van der Waals surface area (Å²) in [7, 11) is 0. The first kappa shape index (κ1) is 15.5. The van der Waals surface area contributed by atoms with Crippen LogP contribution in [-0.4, -0.2) is 35.3 Å². The summed E-state index contributed by atoms with van der Waals surface area (Å²) in [5.74, 6) is -0.445. The van der Waals surface area contributed by atoms with Gasteiger partial charge in [0.05, 0.1) is 0 Å². The number of carbonyl (C=O) groups is 2. The maximum Gasteiger partial charge on any atom is 0.245 e. The summed E-state index contributed by atoms with van der Waals surface area (Å²) in [6.45, 7) is 5.94. The number of piperazine rings is 1. The average Bonchev–Trinajstić information content (AvgIpc) is 2.40. The van der Waals surface area contributed by atoms with Crippen molar-refractivity contribution in [1.29, 1.82) is 0 Å². The molecule has 1 aromatic rings. The number of nitrogens with zero attached hydrogens (tertiary/aromatic N) is 1. The minimum absolute atomic E-state index is 0.0361. The fraction of sp³-hybridized carbons (Fsp3) is 0.500. The molecule has 2 atom stereocenters. The summed E-state index contributed by atoms with van der Waals surface area (Å²) in [5.41, 5.74) is 0.823. The SMILES string of the molecule is CC1NC(=O)C(C(C)C)N(CCc2cccc(F)c2)C1=O. The molecule has 0 saturated carbocycles. The molecule has 4 nitrogen and oxygen atoms in total. The second-order valence-corrected chi connectivity index (χ2v) is 5.83. The first-order chi connectivity index (χ1) is 9.90. The third-order valence-corrected chi connectivity index (χ3v) is 3.78. The zero-order chi connectivity index (χ0) is 15.6. The van der Waals surface area contributed by atoms with Gasteiger partial charge in [-0.2, -0.15) is 0 Å². The monoisotopic (exact) mass is 292 g/mol. The van der Waals surface area contributed by atoms with Gasteiger partial charge in [-0.3, -0.25) is 9.59 Å². The van der Waals surface area contributed by atoms with Crippen LogP contribution in [-0.2, 0) is 16.0 Å². The highest BCUT2D eigenvalue weighted by Gasteiger charge is 2.39. The van der Waals surface area contributed by atoms with Crippen molar-refractivity contribution in [2.24, 2.45) is 5.92 Å². The predicted octanol–water partition coefficient (Wildman–Crippen LogP) is 1.74. The molecule has 114 valence electrons. The van der Waals surface area contributed by atoms with E-state index in [9.17, 15) is 14.0 Å². The van der Waals surface area contributed by atoms with E-state index in [1.54, 1.807) is 17.9 Å². The third kappa shape index (κ3) is 3.40. The molecule has 1 aliphatic rings. The number of nitrogens with one attached hydrogen (secondary N) is 1. The Morgan fingerprint density at radius 2 is 2.05 bits per heavy atom. The summed E-state index contributed by atoms with van der Waals surface area (Å²) < 4.78 is 13.2. The van der Waals surface area contributed by atoms with Crippen LogP contribution in [0.2, 0.25) is 0 Å². The Balaban J connectivity index is 2.13. The highest BCUT2D eigenvalue weighted by Crippen LogP contribution is 2.18. The van der Waals surface area contributed by atoms with Crippen molar-refractivity contribution < 1.29 is 14.0 Å². The topological polar surface area (TPSA) is 49.4 Å². The van der Waals surface area contributed by atoms with Crippen LogP contribution in [0.3, 0.4) is 0 Å². The average molecular weight is 292 g/mol. The Morgan fingerprint density at radius 3 is 2.67 bits per heavy atom. The van der Waals surface area contributed by atoms with Gasteiger partial charge in [-0.1, -0.05) is 26.0 Å². The third-order valence-electron chi connectivity index (χ3n) is 3.78. The number of benzene rings is 1. The van der Waals surface area contributed by atoms with Crippen LogP contribution in [0.25, 0.3) is 0 Å². The highest BCUT2D eigenvalue weighted by molar-refractivity contribution is 5.96. The van der Waals surface area contributed by atoms with Crippen LogP contribution < -0.4 is 5.32 Å². The Morgan fingerprint density at radius 1 is 1.33 bits per heavy atom. The van der Waals surface area contributed by atoms with Gasteiger partial charge in [-0.05, 0) is 37.0 Å². The summed E-state index contributed by atoms with van der Waals surface area (Å²) in [4.78, 5) is 26.0. The molecule has 1 fully saturated rings. The first-order valence-electron chi connectivity index (χ1n) is 7.25. The molecule has 2 amide bonds. The van der Waals surface area contributed by atoms with E-state index in [2.05, 4.69) is 5.32 Å². The molecule has 0 bridgehead atoms. The molecular formula is C16H21FN2O2. The largest absolute Gasteiger partial charge is 0.343 e. The molecule has 1 N–H and O–H groups in total. The van der Waals surface area contributed by atoms with Gasteiger partial charge in [-0.15, -0.1) is 0 Å². The van der Waals surface area contributed by atoms with Crippen LogP contribution in [0, 0.1) is 11.7 Å². The molecule has 2 unspecified atom stereocenters. The van der Waals surface area contributed by atoms with E-state index < -0.39 is 12.1 Å². The van der Waals surface area contributed by atoms with E-state index in [0.29, 0.717) is 13.0 Å². The van der Waals surface area contributed by atoms with Gasteiger partial charge in [0.1, 0.15) is 17.9 Å². The van der Waals surface area contributed by atoms with E-state index in [4.69, 9.17) is 0 Å². The minimum atomic E-state index is -0.500. The maximum atomic E-state index is 13.2. The second kappa shape index (κ2) is 6.24. The van der Waals surface area contributed by atoms with Crippen LogP contribution in [0.1, 0.15) is 26.3 Å². The van der Waals surface area contributed by atoms with Crippen molar-refractivity contribution in [3.8, 4) is 0 Å². The van der Waals surface area contributed by atoms with Crippen molar-refractivity contribution in [3.63, 3.8) is 0 Å². The molecule has 0 spiro atoms. The molecule has 1 aliphatic heterocycles. The van der Waals surface area contributed by atoms with Gasteiger partial charge in [-0.25, -0.2) is 4.39 Å². The quantitative estimate of drug-likeness (QED) is 0.919. The Bertz CT molecular complexity index is 545. The molecule has 1 saturated heterocycles. The summed E-state index contributed by atoms with van der Waals surface area (Å²) in [6.07, 6.45) is 0.534. The zero-order valence-electron chi connectivity index (χ0n) is 12.6. The molecule has 0 aliphatic carbocycles. The van der Waals surface area contributed by atoms with Crippen molar-refractivity contribution in [2.75, 3.05) is 6.54 Å². The highest BCUT2D eigenvalue weighted by atomic mass is 19.1. The normalized spacial score (nSPS) is 22.6. The Labute approximate surface area is 124 Å². The number of carbonyl (C=O) groups excluding carboxylic acids is 2. The minimum Gasteiger partial charge on any atom is -0.343 e. The number of rotatable bonds is 4. The predicted molar refractivity (Wildman–Crippen MR) is 78.0 cm³/mol. The van der Waals surface area contributed by atoms with Gasteiger partial charge in [0, 0.05) is 6.54 Å². The number of hydrogen-bond acceptors (Lipinski definition) is 2. The maximum absolute atomic E-state index is 13.2. The molecule has 1 aromatic carbocycles. The molecule has 5 heteroatoms. The van der Waals surface area contributed by atoms with Crippen molar-refractivity contribution in [3.05, 3.63) is 35.6 Å². The molecule has 1 heterocycles. The molecule has 0 aromatic heterocycles. The summed E-state index contributed by atoms with van der Waals surface area (Å²) in [5, 5.41) is 2.71. The second-order valence-electron chi connectivity index (χ2n) is 5.83. The fourth-order valence-electron chi connectivity index (χ4n) is 2.74. The number of amides is 2. The summed E-state index contributed by atoms with van der Waals surface area (Å²) in [6, 6.07) is 5.37. The molecule has 0 radical (unpaired) electrons. The number of halogens is 1. The molecule has 2 rings (SSSR count). The lowest BCUT2D eigenvalue weighted by Crippen LogP contribution is -2.64. The molecule has 21 heavy (non-hydrogen) atoms. The standard InChI is InChI=1S/C16H21FN2O2/c1-10(2)14-15(20)18-11(3)16(21)19(14)8-7-12-5-4-6-13(17)9-12/h4-6,9-11,14H,7-8H2,1-3H3,(H,18,20).